The number of carbonyl (C=O) groups excluding carboxylic acids is 1. The van der Waals surface area contributed by atoms with Crippen LogP contribution >= 0.6 is 0 Å². The summed E-state index contributed by atoms with van der Waals surface area (Å²) in [7, 11) is 0. The van der Waals surface area contributed by atoms with Crippen molar-refractivity contribution in [2.75, 3.05) is 6.54 Å². The largest absolute Gasteiger partial charge is 0.340 e. The SMILES string of the molecule is CC(C)C[C@H]1CCCN1C(=O)C[C@H](N)c1ccccc1. The fourth-order valence-electron chi connectivity index (χ4n) is 3.08. The highest BCUT2D eigenvalue weighted by atomic mass is 16.2. The Morgan fingerprint density at radius 2 is 2.05 bits per heavy atom. The van der Waals surface area contributed by atoms with Crippen molar-refractivity contribution in [1.82, 2.24) is 4.90 Å². The Kier molecular flexibility index (Phi) is 5.18. The van der Waals surface area contributed by atoms with Crippen LogP contribution in [0.5, 0.6) is 0 Å². The third-order valence-corrected chi connectivity index (χ3v) is 4.06. The Balaban J connectivity index is 1.94. The lowest BCUT2D eigenvalue weighted by molar-refractivity contribution is -0.132. The van der Waals surface area contributed by atoms with Gasteiger partial charge in [-0.15, -0.1) is 0 Å². The fraction of sp³-hybridized carbons (Fsp3) is 0.588. The van der Waals surface area contributed by atoms with Gasteiger partial charge in [0.15, 0.2) is 0 Å². The number of benzene rings is 1. The van der Waals surface area contributed by atoms with Crippen molar-refractivity contribution >= 4 is 5.91 Å². The van der Waals surface area contributed by atoms with E-state index >= 15 is 0 Å². The summed E-state index contributed by atoms with van der Waals surface area (Å²) in [6.45, 7) is 5.34. The molecule has 0 aromatic heterocycles. The highest BCUT2D eigenvalue weighted by molar-refractivity contribution is 5.77. The van der Waals surface area contributed by atoms with Crippen molar-refractivity contribution in [2.24, 2.45) is 11.7 Å². The molecule has 0 spiro atoms. The van der Waals surface area contributed by atoms with Crippen LogP contribution in [-0.4, -0.2) is 23.4 Å². The molecule has 1 aromatic rings. The van der Waals surface area contributed by atoms with E-state index in [1.807, 2.05) is 30.3 Å². The average Bonchev–Trinajstić information content (AvgIpc) is 2.87. The minimum Gasteiger partial charge on any atom is -0.340 e. The van der Waals surface area contributed by atoms with Gasteiger partial charge in [0.05, 0.1) is 0 Å². The topological polar surface area (TPSA) is 46.3 Å². The van der Waals surface area contributed by atoms with Crippen LogP contribution in [-0.2, 0) is 4.79 Å². The van der Waals surface area contributed by atoms with E-state index in [-0.39, 0.29) is 11.9 Å². The highest BCUT2D eigenvalue weighted by Gasteiger charge is 2.29. The summed E-state index contributed by atoms with van der Waals surface area (Å²) in [4.78, 5) is 14.5. The lowest BCUT2D eigenvalue weighted by atomic mass is 10.0. The van der Waals surface area contributed by atoms with Crippen molar-refractivity contribution in [2.45, 2.75) is 51.6 Å². The molecule has 2 atom stereocenters. The maximum Gasteiger partial charge on any atom is 0.224 e. The van der Waals surface area contributed by atoms with Gasteiger partial charge in [-0.1, -0.05) is 44.2 Å². The summed E-state index contributed by atoms with van der Waals surface area (Å²) < 4.78 is 0. The quantitative estimate of drug-likeness (QED) is 0.896. The minimum absolute atomic E-state index is 0.191. The number of nitrogens with zero attached hydrogens (tertiary/aromatic N) is 1. The zero-order valence-corrected chi connectivity index (χ0v) is 12.6. The first-order valence-electron chi connectivity index (χ1n) is 7.68. The van der Waals surface area contributed by atoms with Crippen molar-refractivity contribution in [3.05, 3.63) is 35.9 Å². The Morgan fingerprint density at radius 3 is 2.70 bits per heavy atom. The zero-order chi connectivity index (χ0) is 14.5. The maximum atomic E-state index is 12.5. The summed E-state index contributed by atoms with van der Waals surface area (Å²) in [6.07, 6.45) is 3.79. The predicted molar refractivity (Wildman–Crippen MR) is 82.2 cm³/mol. The number of hydrogen-bond donors (Lipinski definition) is 1. The average molecular weight is 274 g/mol. The molecule has 110 valence electrons. The number of carbonyl (C=O) groups is 1. The second-order valence-corrected chi connectivity index (χ2v) is 6.23. The van der Waals surface area contributed by atoms with E-state index in [0.29, 0.717) is 18.4 Å². The van der Waals surface area contributed by atoms with Crippen LogP contribution in [0, 0.1) is 5.92 Å². The molecule has 1 aliphatic heterocycles. The molecule has 0 bridgehead atoms. The van der Waals surface area contributed by atoms with Gasteiger partial charge in [0.25, 0.3) is 0 Å². The Morgan fingerprint density at radius 1 is 1.35 bits per heavy atom. The van der Waals surface area contributed by atoms with E-state index in [2.05, 4.69) is 18.7 Å². The minimum atomic E-state index is -0.191. The van der Waals surface area contributed by atoms with Crippen molar-refractivity contribution in [1.29, 1.82) is 0 Å². The van der Waals surface area contributed by atoms with E-state index in [0.717, 1.165) is 31.4 Å². The predicted octanol–water partition coefficient (Wildman–Crippen LogP) is 3.11. The third-order valence-electron chi connectivity index (χ3n) is 4.06. The number of hydrogen-bond acceptors (Lipinski definition) is 2. The lowest BCUT2D eigenvalue weighted by Crippen LogP contribution is -2.37. The van der Waals surface area contributed by atoms with Crippen LogP contribution in [0.25, 0.3) is 0 Å². The number of nitrogens with two attached hydrogens (primary N) is 1. The molecule has 0 aliphatic carbocycles. The first kappa shape index (κ1) is 15.0. The Labute approximate surface area is 122 Å². The normalized spacial score (nSPS) is 20.4. The summed E-state index contributed by atoms with van der Waals surface area (Å²) in [5, 5.41) is 0. The van der Waals surface area contributed by atoms with Crippen LogP contribution in [0.15, 0.2) is 30.3 Å². The van der Waals surface area contributed by atoms with Gasteiger partial charge >= 0.3 is 0 Å². The van der Waals surface area contributed by atoms with E-state index in [9.17, 15) is 4.79 Å². The molecule has 2 rings (SSSR count). The molecule has 0 unspecified atom stereocenters. The molecule has 2 N–H and O–H groups in total. The van der Waals surface area contributed by atoms with E-state index in [1.165, 1.54) is 0 Å². The van der Waals surface area contributed by atoms with Crippen LogP contribution in [0.3, 0.4) is 0 Å². The number of amides is 1. The van der Waals surface area contributed by atoms with Gasteiger partial charge in [0.1, 0.15) is 0 Å². The van der Waals surface area contributed by atoms with Gasteiger partial charge < -0.3 is 10.6 Å². The molecule has 3 nitrogen and oxygen atoms in total. The number of rotatable bonds is 5. The van der Waals surface area contributed by atoms with Crippen LogP contribution < -0.4 is 5.73 Å². The second-order valence-electron chi connectivity index (χ2n) is 6.23. The van der Waals surface area contributed by atoms with Crippen molar-refractivity contribution < 1.29 is 4.79 Å². The second kappa shape index (κ2) is 6.89. The molecule has 1 aromatic carbocycles. The van der Waals surface area contributed by atoms with E-state index in [4.69, 9.17) is 5.73 Å². The molecular weight excluding hydrogens is 248 g/mol. The molecule has 3 heteroatoms. The Bertz CT molecular complexity index is 430. The fourth-order valence-corrected chi connectivity index (χ4v) is 3.08. The molecule has 1 saturated heterocycles. The summed E-state index contributed by atoms with van der Waals surface area (Å²) in [6, 6.07) is 10.1. The van der Waals surface area contributed by atoms with Gasteiger partial charge in [-0.05, 0) is 30.7 Å². The van der Waals surface area contributed by atoms with Crippen LogP contribution in [0.2, 0.25) is 0 Å². The van der Waals surface area contributed by atoms with Crippen LogP contribution in [0.1, 0.15) is 51.1 Å². The first-order valence-corrected chi connectivity index (χ1v) is 7.68. The lowest BCUT2D eigenvalue weighted by Gasteiger charge is -2.27. The number of likely N-dealkylation sites (tertiary alicyclic amines) is 1. The first-order chi connectivity index (χ1) is 9.58. The zero-order valence-electron chi connectivity index (χ0n) is 12.6. The van der Waals surface area contributed by atoms with Gasteiger partial charge in [0.2, 0.25) is 5.91 Å². The molecule has 0 saturated carbocycles. The van der Waals surface area contributed by atoms with Gasteiger partial charge in [-0.3, -0.25) is 4.79 Å². The van der Waals surface area contributed by atoms with Gasteiger partial charge in [-0.25, -0.2) is 0 Å². The highest BCUT2D eigenvalue weighted by Crippen LogP contribution is 2.25. The molecule has 1 heterocycles. The molecular formula is C17H26N2O. The third kappa shape index (κ3) is 3.83. The van der Waals surface area contributed by atoms with Gasteiger partial charge in [-0.2, -0.15) is 0 Å². The summed E-state index contributed by atoms with van der Waals surface area (Å²) in [5.74, 6) is 0.848. The molecule has 0 radical (unpaired) electrons. The molecule has 20 heavy (non-hydrogen) atoms. The summed E-state index contributed by atoms with van der Waals surface area (Å²) in [5.41, 5.74) is 7.20. The molecule has 1 fully saturated rings. The molecule has 1 amide bonds. The van der Waals surface area contributed by atoms with E-state index < -0.39 is 0 Å². The van der Waals surface area contributed by atoms with Crippen LogP contribution in [0.4, 0.5) is 0 Å². The standard InChI is InChI=1S/C17H26N2O/c1-13(2)11-15-9-6-10-19(15)17(20)12-16(18)14-7-4-3-5-8-14/h3-5,7-8,13,15-16H,6,9-12,18H2,1-2H3/t15-,16+/m1/s1. The van der Waals surface area contributed by atoms with Gasteiger partial charge in [0, 0.05) is 25.0 Å². The molecule has 1 aliphatic rings. The van der Waals surface area contributed by atoms with E-state index in [1.54, 1.807) is 0 Å². The van der Waals surface area contributed by atoms with Crippen molar-refractivity contribution in [3.63, 3.8) is 0 Å². The smallest absolute Gasteiger partial charge is 0.224 e. The monoisotopic (exact) mass is 274 g/mol. The van der Waals surface area contributed by atoms with Crippen molar-refractivity contribution in [3.8, 4) is 0 Å². The summed E-state index contributed by atoms with van der Waals surface area (Å²) >= 11 is 0. The maximum absolute atomic E-state index is 12.5. The Hall–Kier alpha value is -1.35.